The van der Waals surface area contributed by atoms with Crippen LogP contribution in [-0.2, 0) is 23.1 Å². The van der Waals surface area contributed by atoms with E-state index in [0.717, 1.165) is 0 Å². The Bertz CT molecular complexity index is 408. The average molecular weight is 306 g/mol. The van der Waals surface area contributed by atoms with E-state index in [2.05, 4.69) is 10.5 Å². The summed E-state index contributed by atoms with van der Waals surface area (Å²) in [5.41, 5.74) is 2.88. The number of hydrazone groups is 1. The maximum Gasteiger partial charge on any atom is 0.355 e. The number of rotatable bonds is 7. The first-order valence-electron chi connectivity index (χ1n) is 6.74. The topological polar surface area (TPSA) is 86.2 Å². The fourth-order valence-corrected chi connectivity index (χ4v) is 3.83. The lowest BCUT2D eigenvalue weighted by Crippen LogP contribution is -2.26. The second-order valence-corrected chi connectivity index (χ2v) is 7.10. The molecule has 7 nitrogen and oxygen atoms in total. The van der Waals surface area contributed by atoms with Gasteiger partial charge < -0.3 is 13.8 Å². The summed E-state index contributed by atoms with van der Waals surface area (Å²) >= 11 is 0. The van der Waals surface area contributed by atoms with E-state index in [-0.39, 0.29) is 30.9 Å². The van der Waals surface area contributed by atoms with Gasteiger partial charge in [-0.2, -0.15) is 5.10 Å². The molecule has 0 bridgehead atoms. The molecule has 0 aromatic rings. The van der Waals surface area contributed by atoms with Crippen LogP contribution in [0.15, 0.2) is 5.10 Å². The molecule has 1 heterocycles. The van der Waals surface area contributed by atoms with E-state index in [0.29, 0.717) is 0 Å². The fraction of sp³-hybridized carbons (Fsp3) is 0.833. The maximum atomic E-state index is 12.8. The zero-order valence-electron chi connectivity index (χ0n) is 12.6. The zero-order valence-corrected chi connectivity index (χ0v) is 13.5. The van der Waals surface area contributed by atoms with Crippen LogP contribution in [0.25, 0.3) is 0 Å². The van der Waals surface area contributed by atoms with Crippen molar-refractivity contribution in [2.24, 2.45) is 5.10 Å². The fourth-order valence-electron chi connectivity index (χ4n) is 1.71. The molecule has 0 amide bonds. The average Bonchev–Trinajstić information content (AvgIpc) is 2.76. The summed E-state index contributed by atoms with van der Waals surface area (Å²) in [4.78, 5) is 11.6. The van der Waals surface area contributed by atoms with Crippen LogP contribution < -0.4 is 5.43 Å². The predicted octanol–water partition coefficient (Wildman–Crippen LogP) is 2.27. The Hall–Kier alpha value is -0.910. The standard InChI is InChI=1S/C12H23N2O5P/c1-6-17-12(15)10-7-11(14-13-10)20(16,18-8(2)3)19-9(4)5/h8-9,11,14H,6-7H2,1-5H3/t11-/m0/s1. The number of esters is 1. The number of ether oxygens (including phenoxy) is 1. The first-order chi connectivity index (χ1) is 9.28. The summed E-state index contributed by atoms with van der Waals surface area (Å²) in [7, 11) is -3.41. The van der Waals surface area contributed by atoms with Gasteiger partial charge in [0.05, 0.1) is 18.8 Å². The third-order valence-electron chi connectivity index (χ3n) is 2.34. The molecule has 0 aromatic heterocycles. The van der Waals surface area contributed by atoms with Crippen molar-refractivity contribution in [1.82, 2.24) is 5.43 Å². The summed E-state index contributed by atoms with van der Waals surface area (Å²) in [6, 6.07) is 0. The van der Waals surface area contributed by atoms with Crippen molar-refractivity contribution in [3.63, 3.8) is 0 Å². The van der Waals surface area contributed by atoms with E-state index in [4.69, 9.17) is 13.8 Å². The molecule has 0 radical (unpaired) electrons. The van der Waals surface area contributed by atoms with Crippen molar-refractivity contribution in [3.05, 3.63) is 0 Å². The van der Waals surface area contributed by atoms with Gasteiger partial charge in [0.1, 0.15) is 5.71 Å². The van der Waals surface area contributed by atoms with Crippen molar-refractivity contribution in [1.29, 1.82) is 0 Å². The Morgan fingerprint density at radius 1 is 1.35 bits per heavy atom. The Balaban J connectivity index is 2.76. The van der Waals surface area contributed by atoms with Gasteiger partial charge in [-0.15, -0.1) is 0 Å². The van der Waals surface area contributed by atoms with Crippen molar-refractivity contribution in [2.45, 2.75) is 59.0 Å². The number of carbonyl (C=O) groups excluding carboxylic acids is 1. The minimum absolute atomic E-state index is 0.162. The predicted molar refractivity (Wildman–Crippen MR) is 75.7 cm³/mol. The molecule has 1 aliphatic heterocycles. The van der Waals surface area contributed by atoms with Gasteiger partial charge in [0, 0.05) is 6.42 Å². The van der Waals surface area contributed by atoms with E-state index in [1.54, 1.807) is 34.6 Å². The molecule has 1 aliphatic rings. The summed E-state index contributed by atoms with van der Waals surface area (Å²) in [5.74, 6) is -1.17. The Morgan fingerprint density at radius 3 is 2.35 bits per heavy atom. The van der Waals surface area contributed by atoms with Crippen LogP contribution in [0.1, 0.15) is 41.0 Å². The SMILES string of the molecule is CCOC(=O)C1=NN[C@@H](P(=O)(OC(C)C)OC(C)C)C1. The summed E-state index contributed by atoms with van der Waals surface area (Å²) in [6.07, 6.45) is -0.351. The molecular weight excluding hydrogens is 283 g/mol. The monoisotopic (exact) mass is 306 g/mol. The van der Waals surface area contributed by atoms with Crippen LogP contribution in [0.2, 0.25) is 0 Å². The molecule has 0 spiro atoms. The number of hydrogen-bond acceptors (Lipinski definition) is 7. The van der Waals surface area contributed by atoms with Gasteiger partial charge in [0.2, 0.25) is 0 Å². The third kappa shape index (κ3) is 4.58. The Kier molecular flexibility index (Phi) is 6.17. The Labute approximate surface area is 119 Å². The number of nitrogens with zero attached hydrogens (tertiary/aromatic N) is 1. The second-order valence-electron chi connectivity index (χ2n) is 4.98. The molecular formula is C12H23N2O5P. The van der Waals surface area contributed by atoms with E-state index < -0.39 is 19.3 Å². The molecule has 8 heteroatoms. The minimum Gasteiger partial charge on any atom is -0.461 e. The van der Waals surface area contributed by atoms with E-state index in [9.17, 15) is 9.36 Å². The van der Waals surface area contributed by atoms with Crippen LogP contribution in [0.3, 0.4) is 0 Å². The first kappa shape index (κ1) is 17.1. The highest BCUT2D eigenvalue weighted by Crippen LogP contribution is 2.56. The molecule has 116 valence electrons. The lowest BCUT2D eigenvalue weighted by molar-refractivity contribution is -0.135. The van der Waals surface area contributed by atoms with Crippen molar-refractivity contribution >= 4 is 19.3 Å². The number of nitrogens with one attached hydrogen (secondary N) is 1. The van der Waals surface area contributed by atoms with E-state index in [1.807, 2.05) is 0 Å². The van der Waals surface area contributed by atoms with Crippen LogP contribution in [0, 0.1) is 0 Å². The highest BCUT2D eigenvalue weighted by atomic mass is 31.2. The van der Waals surface area contributed by atoms with Crippen LogP contribution in [0.5, 0.6) is 0 Å². The van der Waals surface area contributed by atoms with Crippen LogP contribution in [0.4, 0.5) is 0 Å². The smallest absolute Gasteiger partial charge is 0.355 e. The van der Waals surface area contributed by atoms with E-state index >= 15 is 0 Å². The molecule has 1 rings (SSSR count). The van der Waals surface area contributed by atoms with Crippen molar-refractivity contribution < 1.29 is 23.1 Å². The summed E-state index contributed by atoms with van der Waals surface area (Å²) in [6.45, 7) is 9.09. The van der Waals surface area contributed by atoms with Gasteiger partial charge in [-0.1, -0.05) is 0 Å². The van der Waals surface area contributed by atoms with Gasteiger partial charge in [-0.3, -0.25) is 9.99 Å². The molecule has 0 saturated heterocycles. The summed E-state index contributed by atoms with van der Waals surface area (Å²) < 4.78 is 28.6. The van der Waals surface area contributed by atoms with Crippen LogP contribution >= 0.6 is 7.60 Å². The van der Waals surface area contributed by atoms with Gasteiger partial charge >= 0.3 is 13.6 Å². The molecule has 1 N–H and O–H groups in total. The lowest BCUT2D eigenvalue weighted by Gasteiger charge is -2.26. The Morgan fingerprint density at radius 2 is 1.90 bits per heavy atom. The molecule has 0 aliphatic carbocycles. The van der Waals surface area contributed by atoms with E-state index in [1.165, 1.54) is 0 Å². The maximum absolute atomic E-state index is 12.8. The van der Waals surface area contributed by atoms with Gasteiger partial charge in [-0.25, -0.2) is 4.79 Å². The molecule has 1 atom stereocenters. The zero-order chi connectivity index (χ0) is 15.3. The van der Waals surface area contributed by atoms with Crippen molar-refractivity contribution in [2.75, 3.05) is 6.61 Å². The normalized spacial score (nSPS) is 19.1. The van der Waals surface area contributed by atoms with Crippen molar-refractivity contribution in [3.8, 4) is 0 Å². The molecule has 0 fully saturated rings. The second kappa shape index (κ2) is 7.20. The summed E-state index contributed by atoms with van der Waals surface area (Å²) in [5, 5.41) is 3.88. The molecule has 20 heavy (non-hydrogen) atoms. The third-order valence-corrected chi connectivity index (χ3v) is 4.84. The van der Waals surface area contributed by atoms with Gasteiger partial charge in [-0.05, 0) is 34.6 Å². The largest absolute Gasteiger partial charge is 0.461 e. The molecule has 0 saturated carbocycles. The van der Waals surface area contributed by atoms with Gasteiger partial charge in [0.25, 0.3) is 0 Å². The number of hydrogen-bond donors (Lipinski definition) is 1. The quantitative estimate of drug-likeness (QED) is 0.573. The first-order valence-corrected chi connectivity index (χ1v) is 8.35. The number of carbonyl (C=O) groups is 1. The highest BCUT2D eigenvalue weighted by molar-refractivity contribution is 7.54. The molecule has 0 unspecified atom stereocenters. The molecule has 0 aromatic carbocycles. The van der Waals surface area contributed by atoms with Crippen LogP contribution in [-0.4, -0.2) is 36.3 Å². The lowest BCUT2D eigenvalue weighted by atomic mass is 10.3. The minimum atomic E-state index is -3.41. The van der Waals surface area contributed by atoms with Gasteiger partial charge in [0.15, 0.2) is 5.78 Å². The highest BCUT2D eigenvalue weighted by Gasteiger charge is 2.42.